The largest absolute Gasteiger partial charge is 0.313 e. The highest BCUT2D eigenvalue weighted by atomic mass is 19.1. The van der Waals surface area contributed by atoms with Crippen LogP contribution in [0.5, 0.6) is 0 Å². The Morgan fingerprint density at radius 3 is 3.15 bits per heavy atom. The molecule has 1 nitrogen and oxygen atoms in total. The first kappa shape index (κ1) is 8.70. The normalized spacial score (nSPS) is 22.2. The van der Waals surface area contributed by atoms with E-state index < -0.39 is 0 Å². The third kappa shape index (κ3) is 1.73. The Labute approximate surface area is 78.0 Å². The van der Waals surface area contributed by atoms with Crippen LogP contribution in [0.1, 0.15) is 30.4 Å². The van der Waals surface area contributed by atoms with E-state index in [0.717, 1.165) is 19.5 Å². The third-order valence-corrected chi connectivity index (χ3v) is 2.71. The van der Waals surface area contributed by atoms with Crippen molar-refractivity contribution in [1.29, 1.82) is 0 Å². The molecule has 0 bridgehead atoms. The van der Waals surface area contributed by atoms with Gasteiger partial charge in [-0.15, -0.1) is 0 Å². The molecule has 1 aromatic carbocycles. The summed E-state index contributed by atoms with van der Waals surface area (Å²) in [5.41, 5.74) is 2.41. The number of nitrogens with one attached hydrogen (secondary N) is 1. The lowest BCUT2D eigenvalue weighted by molar-refractivity contribution is 0.614. The smallest absolute Gasteiger partial charge is 0.123 e. The predicted octanol–water partition coefficient (Wildman–Crippen LogP) is 2.42. The number of hydrogen-bond acceptors (Lipinski definition) is 1. The Hall–Kier alpha value is -0.890. The van der Waals surface area contributed by atoms with Crippen LogP contribution in [0.4, 0.5) is 4.39 Å². The van der Waals surface area contributed by atoms with E-state index in [1.165, 1.54) is 11.1 Å². The summed E-state index contributed by atoms with van der Waals surface area (Å²) in [7, 11) is 0. The van der Waals surface area contributed by atoms with Gasteiger partial charge in [-0.05, 0) is 42.1 Å². The number of rotatable bonds is 0. The monoisotopic (exact) mass is 179 g/mol. The van der Waals surface area contributed by atoms with Crippen LogP contribution in [0.25, 0.3) is 0 Å². The molecule has 1 atom stereocenters. The first-order valence-electron chi connectivity index (χ1n) is 4.76. The van der Waals surface area contributed by atoms with Crippen LogP contribution in [-0.4, -0.2) is 6.54 Å². The molecule has 1 aromatic rings. The fraction of sp³-hybridized carbons (Fsp3) is 0.455. The highest BCUT2D eigenvalue weighted by molar-refractivity contribution is 5.31. The molecular weight excluding hydrogens is 165 g/mol. The fourth-order valence-electron chi connectivity index (χ4n) is 1.88. The minimum atomic E-state index is -0.118. The zero-order valence-corrected chi connectivity index (χ0v) is 7.81. The number of halogens is 1. The standard InChI is InChI=1S/C11H14FN/c1-8-4-5-13-7-9-2-3-10(12)6-11(8)9/h2-3,6,8,13H,4-5,7H2,1H3. The average Bonchev–Trinajstić information content (AvgIpc) is 2.29. The van der Waals surface area contributed by atoms with Crippen LogP contribution in [0.3, 0.4) is 0 Å². The number of benzene rings is 1. The van der Waals surface area contributed by atoms with Crippen LogP contribution in [0, 0.1) is 5.82 Å². The van der Waals surface area contributed by atoms with Gasteiger partial charge in [0, 0.05) is 6.54 Å². The maximum Gasteiger partial charge on any atom is 0.123 e. The van der Waals surface area contributed by atoms with Gasteiger partial charge in [0.05, 0.1) is 0 Å². The van der Waals surface area contributed by atoms with Crippen molar-refractivity contribution in [3.05, 3.63) is 35.1 Å². The van der Waals surface area contributed by atoms with Crippen LogP contribution in [0.15, 0.2) is 18.2 Å². The molecule has 0 saturated carbocycles. The number of fused-ring (bicyclic) bond motifs is 1. The summed E-state index contributed by atoms with van der Waals surface area (Å²) >= 11 is 0. The second-order valence-electron chi connectivity index (χ2n) is 3.71. The molecule has 1 N–H and O–H groups in total. The van der Waals surface area contributed by atoms with Gasteiger partial charge >= 0.3 is 0 Å². The van der Waals surface area contributed by atoms with Crippen LogP contribution < -0.4 is 5.32 Å². The topological polar surface area (TPSA) is 12.0 Å². The Kier molecular flexibility index (Phi) is 2.32. The number of hydrogen-bond donors (Lipinski definition) is 1. The molecule has 0 radical (unpaired) electrons. The lowest BCUT2D eigenvalue weighted by atomic mass is 9.94. The molecule has 0 saturated heterocycles. The summed E-state index contributed by atoms with van der Waals surface area (Å²) in [4.78, 5) is 0. The van der Waals surface area contributed by atoms with Gasteiger partial charge in [-0.25, -0.2) is 4.39 Å². The Bertz CT molecular complexity index is 309. The molecule has 1 aliphatic rings. The lowest BCUT2D eigenvalue weighted by Crippen LogP contribution is -2.12. The second-order valence-corrected chi connectivity index (χ2v) is 3.71. The summed E-state index contributed by atoms with van der Waals surface area (Å²) < 4.78 is 13.0. The minimum absolute atomic E-state index is 0.118. The lowest BCUT2D eigenvalue weighted by Gasteiger charge is -2.11. The maximum absolute atomic E-state index is 13.0. The first-order valence-corrected chi connectivity index (χ1v) is 4.76. The maximum atomic E-state index is 13.0. The Balaban J connectivity index is 2.43. The highest BCUT2D eigenvalue weighted by Gasteiger charge is 2.14. The minimum Gasteiger partial charge on any atom is -0.313 e. The van der Waals surface area contributed by atoms with Crippen molar-refractivity contribution in [2.45, 2.75) is 25.8 Å². The molecule has 1 aliphatic heterocycles. The second kappa shape index (κ2) is 3.46. The molecule has 1 unspecified atom stereocenters. The van der Waals surface area contributed by atoms with Crippen molar-refractivity contribution < 1.29 is 4.39 Å². The molecule has 0 aliphatic carbocycles. The molecule has 13 heavy (non-hydrogen) atoms. The van der Waals surface area contributed by atoms with Gasteiger partial charge in [0.2, 0.25) is 0 Å². The van der Waals surface area contributed by atoms with Gasteiger partial charge in [-0.2, -0.15) is 0 Å². The molecular formula is C11H14FN. The van der Waals surface area contributed by atoms with Gasteiger partial charge in [0.1, 0.15) is 5.82 Å². The first-order chi connectivity index (χ1) is 6.27. The van der Waals surface area contributed by atoms with Crippen molar-refractivity contribution in [3.8, 4) is 0 Å². The van der Waals surface area contributed by atoms with E-state index in [1.807, 2.05) is 6.07 Å². The summed E-state index contributed by atoms with van der Waals surface area (Å²) in [6, 6.07) is 5.10. The van der Waals surface area contributed by atoms with Gasteiger partial charge in [-0.3, -0.25) is 0 Å². The van der Waals surface area contributed by atoms with Crippen LogP contribution in [-0.2, 0) is 6.54 Å². The van der Waals surface area contributed by atoms with Crippen LogP contribution >= 0.6 is 0 Å². The molecule has 0 aromatic heterocycles. The van der Waals surface area contributed by atoms with Crippen molar-refractivity contribution >= 4 is 0 Å². The van der Waals surface area contributed by atoms with E-state index in [-0.39, 0.29) is 5.82 Å². The van der Waals surface area contributed by atoms with E-state index in [2.05, 4.69) is 12.2 Å². The van der Waals surface area contributed by atoms with Crippen molar-refractivity contribution in [1.82, 2.24) is 5.32 Å². The fourth-order valence-corrected chi connectivity index (χ4v) is 1.88. The molecule has 1 heterocycles. The van der Waals surface area contributed by atoms with Gasteiger partial charge in [-0.1, -0.05) is 13.0 Å². The highest BCUT2D eigenvalue weighted by Crippen LogP contribution is 2.25. The molecule has 0 amide bonds. The summed E-state index contributed by atoms with van der Waals surface area (Å²) in [6.45, 7) is 4.06. The van der Waals surface area contributed by atoms with Crippen molar-refractivity contribution in [3.63, 3.8) is 0 Å². The van der Waals surface area contributed by atoms with Gasteiger partial charge in [0.25, 0.3) is 0 Å². The van der Waals surface area contributed by atoms with Crippen molar-refractivity contribution in [2.24, 2.45) is 0 Å². The zero-order valence-electron chi connectivity index (χ0n) is 7.81. The van der Waals surface area contributed by atoms with E-state index >= 15 is 0 Å². The van der Waals surface area contributed by atoms with E-state index in [4.69, 9.17) is 0 Å². The molecule has 70 valence electrons. The van der Waals surface area contributed by atoms with Gasteiger partial charge in [0.15, 0.2) is 0 Å². The van der Waals surface area contributed by atoms with E-state index in [1.54, 1.807) is 12.1 Å². The van der Waals surface area contributed by atoms with Crippen LogP contribution in [0.2, 0.25) is 0 Å². The summed E-state index contributed by atoms with van der Waals surface area (Å²) in [5.74, 6) is 0.355. The molecule has 2 rings (SSSR count). The van der Waals surface area contributed by atoms with E-state index in [0.29, 0.717) is 5.92 Å². The Morgan fingerprint density at radius 2 is 2.31 bits per heavy atom. The third-order valence-electron chi connectivity index (χ3n) is 2.71. The Morgan fingerprint density at radius 1 is 1.46 bits per heavy atom. The zero-order chi connectivity index (χ0) is 9.26. The van der Waals surface area contributed by atoms with Gasteiger partial charge < -0.3 is 5.32 Å². The SMILES string of the molecule is CC1CCNCc2ccc(F)cc21. The molecule has 0 fully saturated rings. The van der Waals surface area contributed by atoms with Crippen molar-refractivity contribution in [2.75, 3.05) is 6.54 Å². The molecule has 2 heteroatoms. The predicted molar refractivity (Wildman–Crippen MR) is 51.1 cm³/mol. The average molecular weight is 179 g/mol. The van der Waals surface area contributed by atoms with E-state index in [9.17, 15) is 4.39 Å². The quantitative estimate of drug-likeness (QED) is 0.645. The summed E-state index contributed by atoms with van der Waals surface area (Å²) in [6.07, 6.45) is 1.09. The summed E-state index contributed by atoms with van der Waals surface area (Å²) in [5, 5.41) is 3.33. The molecule has 0 spiro atoms.